The first-order valence-electron chi connectivity index (χ1n) is 9.14. The number of sulfone groups is 1. The third kappa shape index (κ3) is 4.34. The lowest BCUT2D eigenvalue weighted by atomic mass is 9.96. The zero-order chi connectivity index (χ0) is 21.5. The number of benzene rings is 2. The van der Waals surface area contributed by atoms with Gasteiger partial charge < -0.3 is 0 Å². The minimum atomic E-state index is -3.68. The smallest absolute Gasteiger partial charge is 0.176 e. The third-order valence-corrected chi connectivity index (χ3v) is 7.41. The van der Waals surface area contributed by atoms with E-state index < -0.39 is 21.5 Å². The molecule has 30 heavy (non-hydrogen) atoms. The molecule has 4 rings (SSSR count). The molecule has 1 saturated heterocycles. The molecule has 2 aromatic carbocycles. The van der Waals surface area contributed by atoms with Crippen LogP contribution >= 0.6 is 22.9 Å². The van der Waals surface area contributed by atoms with E-state index >= 15 is 0 Å². The molecule has 0 radical (unpaired) electrons. The fraction of sp³-hybridized carbons (Fsp3) is 0.182. The van der Waals surface area contributed by atoms with E-state index in [1.54, 1.807) is 11.3 Å². The maximum absolute atomic E-state index is 13.7. The Bertz CT molecular complexity index is 1180. The first-order chi connectivity index (χ1) is 14.2. The Kier molecular flexibility index (Phi) is 5.81. The van der Waals surface area contributed by atoms with E-state index in [0.29, 0.717) is 23.7 Å². The van der Waals surface area contributed by atoms with Gasteiger partial charge in [0, 0.05) is 35.3 Å². The zero-order valence-electron chi connectivity index (χ0n) is 16.0. The molecule has 0 N–H and O–H groups in total. The normalized spacial score (nSPS) is 15.7. The molecule has 2 heterocycles. The van der Waals surface area contributed by atoms with Crippen molar-refractivity contribution in [1.82, 2.24) is 4.90 Å². The molecule has 0 spiro atoms. The lowest BCUT2D eigenvalue weighted by Gasteiger charge is -2.41. The van der Waals surface area contributed by atoms with Gasteiger partial charge in [-0.2, -0.15) is 0 Å². The van der Waals surface area contributed by atoms with E-state index in [2.05, 4.69) is 4.90 Å². The lowest BCUT2D eigenvalue weighted by Crippen LogP contribution is -2.44. The van der Waals surface area contributed by atoms with Crippen LogP contribution in [-0.2, 0) is 9.84 Å². The van der Waals surface area contributed by atoms with E-state index in [4.69, 9.17) is 11.6 Å². The summed E-state index contributed by atoms with van der Waals surface area (Å²) in [6.07, 6.45) is 1.07. The van der Waals surface area contributed by atoms with Crippen molar-refractivity contribution in [1.29, 1.82) is 0 Å². The molecule has 8 heteroatoms. The maximum atomic E-state index is 13.7. The predicted molar refractivity (Wildman–Crippen MR) is 117 cm³/mol. The molecule has 0 aliphatic carbocycles. The van der Waals surface area contributed by atoms with Gasteiger partial charge in [0.25, 0.3) is 0 Å². The molecule has 0 unspecified atom stereocenters. The number of hydrogen-bond acceptors (Lipinski definition) is 4. The van der Waals surface area contributed by atoms with Crippen molar-refractivity contribution >= 4 is 37.7 Å². The lowest BCUT2D eigenvalue weighted by molar-refractivity contribution is 0.205. The topological polar surface area (TPSA) is 37.4 Å². The van der Waals surface area contributed by atoms with Crippen LogP contribution in [0.25, 0.3) is 4.91 Å². The molecular formula is C22H18ClF2NO2S2. The molecule has 3 aromatic rings. The third-order valence-electron chi connectivity index (χ3n) is 4.97. The van der Waals surface area contributed by atoms with E-state index in [-0.39, 0.29) is 16.5 Å². The highest BCUT2D eigenvalue weighted by Gasteiger charge is 2.35. The van der Waals surface area contributed by atoms with Gasteiger partial charge in [-0.25, -0.2) is 17.2 Å². The summed E-state index contributed by atoms with van der Waals surface area (Å²) in [5.41, 5.74) is 1.72. The number of likely N-dealkylation sites (tertiary alicyclic amines) is 1. The second-order valence-electron chi connectivity index (χ2n) is 7.24. The molecule has 0 amide bonds. The molecule has 1 fully saturated rings. The first-order valence-corrected chi connectivity index (χ1v) is 12.3. The summed E-state index contributed by atoms with van der Waals surface area (Å²) < 4.78 is 52.4. The van der Waals surface area contributed by atoms with Crippen LogP contribution in [0, 0.1) is 11.6 Å². The average molecular weight is 466 g/mol. The number of nitrogens with zero attached hydrogens (tertiary/aromatic N) is 1. The van der Waals surface area contributed by atoms with Crippen LogP contribution in [0.4, 0.5) is 8.78 Å². The van der Waals surface area contributed by atoms with Gasteiger partial charge in [-0.1, -0.05) is 29.8 Å². The highest BCUT2D eigenvalue weighted by atomic mass is 35.5. The van der Waals surface area contributed by atoms with Gasteiger partial charge in [-0.05, 0) is 52.4 Å². The molecule has 156 valence electrons. The van der Waals surface area contributed by atoms with Crippen LogP contribution in [0.5, 0.6) is 0 Å². The summed E-state index contributed by atoms with van der Waals surface area (Å²) >= 11 is 7.65. The van der Waals surface area contributed by atoms with Crippen molar-refractivity contribution in [3.8, 4) is 0 Å². The van der Waals surface area contributed by atoms with E-state index in [9.17, 15) is 17.2 Å². The van der Waals surface area contributed by atoms with Gasteiger partial charge in [0.05, 0.1) is 10.9 Å². The zero-order valence-corrected chi connectivity index (χ0v) is 18.4. The predicted octanol–water partition coefficient (Wildman–Crippen LogP) is 5.54. The number of rotatable bonds is 5. The van der Waals surface area contributed by atoms with Crippen molar-refractivity contribution < 1.29 is 17.2 Å². The molecule has 1 aromatic heterocycles. The van der Waals surface area contributed by atoms with Crippen LogP contribution in [-0.4, -0.2) is 32.7 Å². The van der Waals surface area contributed by atoms with Crippen molar-refractivity contribution in [2.75, 3.05) is 19.3 Å². The van der Waals surface area contributed by atoms with Gasteiger partial charge >= 0.3 is 0 Å². The van der Waals surface area contributed by atoms with Gasteiger partial charge in [0.1, 0.15) is 11.6 Å². The van der Waals surface area contributed by atoms with Crippen molar-refractivity contribution in [2.24, 2.45) is 0 Å². The van der Waals surface area contributed by atoms with Crippen LogP contribution in [0.2, 0.25) is 5.02 Å². The minimum absolute atomic E-state index is 0.00168. The van der Waals surface area contributed by atoms with Crippen LogP contribution in [0.3, 0.4) is 0 Å². The van der Waals surface area contributed by atoms with Crippen LogP contribution < -0.4 is 0 Å². The molecule has 0 bridgehead atoms. The van der Waals surface area contributed by atoms with Crippen LogP contribution in [0.1, 0.15) is 22.0 Å². The van der Waals surface area contributed by atoms with Gasteiger partial charge in [0.2, 0.25) is 0 Å². The molecule has 1 aliphatic rings. The molecule has 1 aliphatic heterocycles. The molecule has 0 saturated carbocycles. The molecule has 1 atom stereocenters. The highest BCUT2D eigenvalue weighted by molar-refractivity contribution is 8.00. The first kappa shape index (κ1) is 21.2. The summed E-state index contributed by atoms with van der Waals surface area (Å²) in [4.78, 5) is 3.25. The Labute approximate surface area is 183 Å². The van der Waals surface area contributed by atoms with E-state index in [1.807, 2.05) is 41.8 Å². The Morgan fingerprint density at radius 1 is 1.07 bits per heavy atom. The highest BCUT2D eigenvalue weighted by Crippen LogP contribution is 2.39. The second kappa shape index (κ2) is 8.23. The quantitative estimate of drug-likeness (QED) is 0.496. The Hall–Kier alpha value is -2.06. The van der Waals surface area contributed by atoms with Crippen molar-refractivity contribution in [2.45, 2.75) is 6.04 Å². The second-order valence-corrected chi connectivity index (χ2v) is 10.6. The summed E-state index contributed by atoms with van der Waals surface area (Å²) in [5, 5.41) is 2.63. The van der Waals surface area contributed by atoms with Crippen LogP contribution in [0.15, 0.2) is 65.6 Å². The summed E-state index contributed by atoms with van der Waals surface area (Å²) in [6, 6.07) is 14.3. The average Bonchev–Trinajstić information content (AvgIpc) is 3.13. The Balaban J connectivity index is 1.71. The monoisotopic (exact) mass is 465 g/mol. The summed E-state index contributed by atoms with van der Waals surface area (Å²) in [6.45, 7) is 0.761. The minimum Gasteiger partial charge on any atom is -0.284 e. The maximum Gasteiger partial charge on any atom is 0.176 e. The fourth-order valence-electron chi connectivity index (χ4n) is 3.78. The summed E-state index contributed by atoms with van der Waals surface area (Å²) in [5.74, 6) is -1.61. The van der Waals surface area contributed by atoms with Gasteiger partial charge in [-0.3, -0.25) is 4.90 Å². The number of halogens is 3. The number of hydrogen-bond donors (Lipinski definition) is 0. The number of thiophene rings is 1. The standard InChI is InChI=1S/C22H18ClF2NO2S2/c1-30(27,28)22(15-9-18(24)11-19(25)10-15)16-12-26(13-16)21(20-3-2-8-29-20)14-4-6-17(23)7-5-14/h2-11,21H,12-13H2,1H3/t21-/m1/s1. The van der Waals surface area contributed by atoms with E-state index in [0.717, 1.165) is 34.9 Å². The molecular weight excluding hydrogens is 448 g/mol. The molecule has 3 nitrogen and oxygen atoms in total. The summed E-state index contributed by atoms with van der Waals surface area (Å²) in [7, 11) is -3.68. The SMILES string of the molecule is CS(=O)(=O)C(=C1CN([C@H](c2ccc(Cl)cc2)c2cccs2)C1)c1cc(F)cc(F)c1. The van der Waals surface area contributed by atoms with Crippen molar-refractivity contribution in [3.05, 3.63) is 98.2 Å². The van der Waals surface area contributed by atoms with Gasteiger partial charge in [-0.15, -0.1) is 11.3 Å². The van der Waals surface area contributed by atoms with Crippen molar-refractivity contribution in [3.63, 3.8) is 0 Å². The largest absolute Gasteiger partial charge is 0.284 e. The van der Waals surface area contributed by atoms with E-state index in [1.165, 1.54) is 0 Å². The van der Waals surface area contributed by atoms with Gasteiger partial charge in [0.15, 0.2) is 9.84 Å². The Morgan fingerprint density at radius 3 is 2.23 bits per heavy atom. The fourth-order valence-corrected chi connectivity index (χ4v) is 5.99. The Morgan fingerprint density at radius 2 is 1.70 bits per heavy atom.